The largest absolute Gasteiger partial charge is 0.480 e. The van der Waals surface area contributed by atoms with Crippen molar-refractivity contribution in [2.24, 2.45) is 0 Å². The number of nitrogens with one attached hydrogen (secondary N) is 2. The van der Waals surface area contributed by atoms with Crippen LogP contribution < -0.4 is 5.32 Å². The predicted molar refractivity (Wildman–Crippen MR) is 65.8 cm³/mol. The van der Waals surface area contributed by atoms with Gasteiger partial charge in [-0.1, -0.05) is 18.2 Å². The van der Waals surface area contributed by atoms with Gasteiger partial charge in [-0.2, -0.15) is 0 Å². The van der Waals surface area contributed by atoms with Gasteiger partial charge in [-0.05, 0) is 6.92 Å². The fourth-order valence-electron chi connectivity index (χ4n) is 1.29. The highest BCUT2D eigenvalue weighted by Gasteiger charge is 2.19. The van der Waals surface area contributed by atoms with Crippen LogP contribution in [0.15, 0.2) is 36.8 Å². The third kappa shape index (κ3) is 4.65. The SMILES string of the molecule is C/C=C/C=C/C(=O)NC(Cc1cnc[nH]1)C(=O)O. The van der Waals surface area contributed by atoms with Crippen molar-refractivity contribution in [1.29, 1.82) is 0 Å². The Morgan fingerprint density at radius 3 is 2.89 bits per heavy atom. The second kappa shape index (κ2) is 7.05. The third-order valence-electron chi connectivity index (χ3n) is 2.14. The van der Waals surface area contributed by atoms with Crippen LogP contribution in [0.5, 0.6) is 0 Å². The number of hydrogen-bond donors (Lipinski definition) is 3. The van der Waals surface area contributed by atoms with Gasteiger partial charge in [0, 0.05) is 24.4 Å². The van der Waals surface area contributed by atoms with Gasteiger partial charge in [0.25, 0.3) is 0 Å². The molecular weight excluding hydrogens is 234 g/mol. The monoisotopic (exact) mass is 249 g/mol. The van der Waals surface area contributed by atoms with E-state index in [1.165, 1.54) is 18.6 Å². The summed E-state index contributed by atoms with van der Waals surface area (Å²) < 4.78 is 0. The van der Waals surface area contributed by atoms with E-state index in [0.29, 0.717) is 5.69 Å². The molecule has 0 bridgehead atoms. The Hall–Kier alpha value is -2.37. The number of hydrogen-bond acceptors (Lipinski definition) is 3. The van der Waals surface area contributed by atoms with E-state index in [9.17, 15) is 9.59 Å². The Kier molecular flexibility index (Phi) is 5.37. The van der Waals surface area contributed by atoms with Gasteiger partial charge in [0.1, 0.15) is 6.04 Å². The third-order valence-corrected chi connectivity index (χ3v) is 2.14. The zero-order chi connectivity index (χ0) is 13.4. The molecule has 0 spiro atoms. The molecule has 0 aliphatic carbocycles. The number of carbonyl (C=O) groups is 2. The maximum atomic E-state index is 11.4. The first-order valence-electron chi connectivity index (χ1n) is 5.43. The molecule has 1 aromatic rings. The summed E-state index contributed by atoms with van der Waals surface area (Å²) in [4.78, 5) is 29.0. The molecule has 1 atom stereocenters. The molecule has 6 nitrogen and oxygen atoms in total. The van der Waals surface area contributed by atoms with Gasteiger partial charge in [0.15, 0.2) is 0 Å². The van der Waals surface area contributed by atoms with E-state index in [0.717, 1.165) is 0 Å². The Labute approximate surface area is 104 Å². The van der Waals surface area contributed by atoms with Crippen LogP contribution in [0.2, 0.25) is 0 Å². The number of aliphatic carboxylic acids is 1. The van der Waals surface area contributed by atoms with Gasteiger partial charge in [-0.3, -0.25) is 4.79 Å². The molecule has 18 heavy (non-hydrogen) atoms. The highest BCUT2D eigenvalue weighted by Crippen LogP contribution is 1.99. The number of amides is 1. The van der Waals surface area contributed by atoms with Crippen molar-refractivity contribution in [1.82, 2.24) is 15.3 Å². The van der Waals surface area contributed by atoms with Crippen LogP contribution in [-0.4, -0.2) is 33.0 Å². The van der Waals surface area contributed by atoms with Crippen LogP contribution in [-0.2, 0) is 16.0 Å². The maximum absolute atomic E-state index is 11.4. The van der Waals surface area contributed by atoms with E-state index in [1.807, 2.05) is 6.92 Å². The first-order valence-corrected chi connectivity index (χ1v) is 5.43. The van der Waals surface area contributed by atoms with Crippen LogP contribution in [0.3, 0.4) is 0 Å². The zero-order valence-electron chi connectivity index (χ0n) is 9.96. The number of carboxylic acids is 1. The van der Waals surface area contributed by atoms with E-state index in [4.69, 9.17) is 5.11 Å². The van der Waals surface area contributed by atoms with Crippen molar-refractivity contribution >= 4 is 11.9 Å². The number of aromatic amines is 1. The highest BCUT2D eigenvalue weighted by atomic mass is 16.4. The van der Waals surface area contributed by atoms with E-state index >= 15 is 0 Å². The number of imidazole rings is 1. The molecule has 0 aromatic carbocycles. The number of carbonyl (C=O) groups excluding carboxylic acids is 1. The molecule has 1 aromatic heterocycles. The molecule has 0 fully saturated rings. The fraction of sp³-hybridized carbons (Fsp3) is 0.250. The molecule has 1 rings (SSSR count). The van der Waals surface area contributed by atoms with Crippen molar-refractivity contribution in [3.8, 4) is 0 Å². The van der Waals surface area contributed by atoms with Gasteiger partial charge in [0.05, 0.1) is 6.33 Å². The minimum absolute atomic E-state index is 0.165. The lowest BCUT2D eigenvalue weighted by atomic mass is 10.1. The van der Waals surface area contributed by atoms with Gasteiger partial charge in [-0.25, -0.2) is 9.78 Å². The van der Waals surface area contributed by atoms with Gasteiger partial charge in [-0.15, -0.1) is 0 Å². The minimum Gasteiger partial charge on any atom is -0.480 e. The molecule has 96 valence electrons. The molecule has 0 saturated carbocycles. The average molecular weight is 249 g/mol. The number of H-pyrrole nitrogens is 1. The Balaban J connectivity index is 2.58. The molecule has 0 saturated heterocycles. The van der Waals surface area contributed by atoms with Crippen LogP contribution in [0.25, 0.3) is 0 Å². The van der Waals surface area contributed by atoms with Crippen LogP contribution in [0, 0.1) is 0 Å². The molecule has 6 heteroatoms. The van der Waals surface area contributed by atoms with E-state index in [1.54, 1.807) is 18.2 Å². The second-order valence-corrected chi connectivity index (χ2v) is 3.57. The topological polar surface area (TPSA) is 95.1 Å². The normalized spacial score (nSPS) is 12.9. The highest BCUT2D eigenvalue weighted by molar-refractivity contribution is 5.91. The van der Waals surface area contributed by atoms with Crippen molar-refractivity contribution in [3.63, 3.8) is 0 Å². The van der Waals surface area contributed by atoms with E-state index in [-0.39, 0.29) is 6.42 Å². The predicted octanol–water partition coefficient (Wildman–Crippen LogP) is 0.654. The molecule has 1 amide bonds. The Bertz CT molecular complexity index is 449. The number of nitrogens with zero attached hydrogens (tertiary/aromatic N) is 1. The Morgan fingerprint density at radius 1 is 1.56 bits per heavy atom. The van der Waals surface area contributed by atoms with Crippen molar-refractivity contribution in [2.75, 3.05) is 0 Å². The lowest BCUT2D eigenvalue weighted by Crippen LogP contribution is -2.41. The summed E-state index contributed by atoms with van der Waals surface area (Å²) in [5, 5.41) is 11.4. The van der Waals surface area contributed by atoms with E-state index in [2.05, 4.69) is 15.3 Å². The molecule has 3 N–H and O–H groups in total. The van der Waals surface area contributed by atoms with Crippen LogP contribution in [0.1, 0.15) is 12.6 Å². The number of rotatable bonds is 6. The van der Waals surface area contributed by atoms with Crippen molar-refractivity contribution in [3.05, 3.63) is 42.5 Å². The zero-order valence-corrected chi connectivity index (χ0v) is 9.96. The van der Waals surface area contributed by atoms with Crippen LogP contribution >= 0.6 is 0 Å². The second-order valence-electron chi connectivity index (χ2n) is 3.57. The van der Waals surface area contributed by atoms with Crippen molar-refractivity contribution in [2.45, 2.75) is 19.4 Å². The lowest BCUT2D eigenvalue weighted by Gasteiger charge is -2.11. The maximum Gasteiger partial charge on any atom is 0.326 e. The van der Waals surface area contributed by atoms with Crippen molar-refractivity contribution < 1.29 is 14.7 Å². The summed E-state index contributed by atoms with van der Waals surface area (Å²) in [5.41, 5.74) is 0.653. The fourth-order valence-corrected chi connectivity index (χ4v) is 1.29. The van der Waals surface area contributed by atoms with Crippen LogP contribution in [0.4, 0.5) is 0 Å². The van der Waals surface area contributed by atoms with Gasteiger partial charge in [0.2, 0.25) is 5.91 Å². The first-order chi connectivity index (χ1) is 8.63. The molecule has 0 aliphatic heterocycles. The molecule has 0 aliphatic rings. The van der Waals surface area contributed by atoms with Gasteiger partial charge >= 0.3 is 5.97 Å². The molecule has 1 unspecified atom stereocenters. The number of aromatic nitrogens is 2. The summed E-state index contributed by atoms with van der Waals surface area (Å²) >= 11 is 0. The van der Waals surface area contributed by atoms with E-state index < -0.39 is 17.9 Å². The summed E-state index contributed by atoms with van der Waals surface area (Å²) in [7, 11) is 0. The smallest absolute Gasteiger partial charge is 0.326 e. The summed E-state index contributed by atoms with van der Waals surface area (Å²) in [6, 6.07) is -0.979. The molecular formula is C12H15N3O3. The summed E-state index contributed by atoms with van der Waals surface area (Å²) in [5.74, 6) is -1.53. The van der Waals surface area contributed by atoms with Gasteiger partial charge < -0.3 is 15.4 Å². The Morgan fingerprint density at radius 2 is 2.33 bits per heavy atom. The first kappa shape index (κ1) is 13.7. The molecule has 1 heterocycles. The molecule has 0 radical (unpaired) electrons. The average Bonchev–Trinajstić information content (AvgIpc) is 2.81. The minimum atomic E-state index is -1.09. The number of allylic oxidation sites excluding steroid dienone is 3. The lowest BCUT2D eigenvalue weighted by molar-refractivity contribution is -0.141. The number of carboxylic acid groups (broad SMARTS) is 1. The summed E-state index contributed by atoms with van der Waals surface area (Å²) in [6.45, 7) is 1.82. The standard InChI is InChI=1S/C12H15N3O3/c1-2-3-4-5-11(16)15-10(12(17)18)6-9-7-13-8-14-9/h2-5,7-8,10H,6H2,1H3,(H,13,14)(H,15,16)(H,17,18)/b3-2+,5-4+. The quantitative estimate of drug-likeness (QED) is 0.509. The summed E-state index contributed by atoms with van der Waals surface area (Å²) in [6.07, 6.45) is 9.43.